The summed E-state index contributed by atoms with van der Waals surface area (Å²) < 4.78 is 10.0. The van der Waals surface area contributed by atoms with Crippen molar-refractivity contribution in [3.8, 4) is 11.8 Å². The summed E-state index contributed by atoms with van der Waals surface area (Å²) >= 11 is 0. The quantitative estimate of drug-likeness (QED) is 0.660. The molecule has 0 fully saturated rings. The zero-order valence-electron chi connectivity index (χ0n) is 10.8. The molecule has 3 N–H and O–H groups in total. The number of amides is 1. The highest BCUT2D eigenvalue weighted by Crippen LogP contribution is 2.17. The van der Waals surface area contributed by atoms with E-state index in [0.29, 0.717) is 18.9 Å². The number of nitrogens with two attached hydrogens (primary N) is 1. The van der Waals surface area contributed by atoms with Crippen molar-refractivity contribution in [1.82, 2.24) is 5.32 Å². The van der Waals surface area contributed by atoms with Crippen LogP contribution in [0.3, 0.4) is 0 Å². The summed E-state index contributed by atoms with van der Waals surface area (Å²) in [4.78, 5) is 10.6. The lowest BCUT2D eigenvalue weighted by molar-refractivity contribution is -0.119. The van der Waals surface area contributed by atoms with E-state index in [-0.39, 0.29) is 6.61 Å². The number of nitrogens with one attached hydrogen (secondary N) is 1. The van der Waals surface area contributed by atoms with Gasteiger partial charge in [-0.1, -0.05) is 12.1 Å². The van der Waals surface area contributed by atoms with Crippen LogP contribution in [0.2, 0.25) is 0 Å². The van der Waals surface area contributed by atoms with Crippen molar-refractivity contribution >= 4 is 5.91 Å². The molecule has 0 heterocycles. The third-order valence-corrected chi connectivity index (χ3v) is 2.38. The fourth-order valence-electron chi connectivity index (χ4n) is 1.45. The topological polar surface area (TPSA) is 97.4 Å². The lowest BCUT2D eigenvalue weighted by Gasteiger charge is -2.12. The number of hydrogen-bond acceptors (Lipinski definition) is 5. The van der Waals surface area contributed by atoms with E-state index in [1.807, 2.05) is 0 Å². The third-order valence-electron chi connectivity index (χ3n) is 2.38. The van der Waals surface area contributed by atoms with Gasteiger partial charge in [0, 0.05) is 13.7 Å². The Balaban J connectivity index is 2.58. The first kappa shape index (κ1) is 15.0. The van der Waals surface area contributed by atoms with Crippen LogP contribution in [0.1, 0.15) is 11.6 Å². The lowest BCUT2D eigenvalue weighted by atomic mass is 10.1. The Morgan fingerprint density at radius 3 is 2.68 bits per heavy atom. The monoisotopic (exact) mass is 263 g/mol. The van der Waals surface area contributed by atoms with Crippen LogP contribution in [0.4, 0.5) is 0 Å². The maximum Gasteiger partial charge on any atom is 0.255 e. The molecule has 1 rings (SSSR count). The van der Waals surface area contributed by atoms with Crippen LogP contribution in [0.5, 0.6) is 5.75 Å². The number of nitriles is 1. The molecule has 1 amide bonds. The first-order chi connectivity index (χ1) is 9.17. The smallest absolute Gasteiger partial charge is 0.255 e. The average Bonchev–Trinajstić information content (AvgIpc) is 2.42. The minimum Gasteiger partial charge on any atom is -0.484 e. The van der Waals surface area contributed by atoms with Gasteiger partial charge in [-0.05, 0) is 17.7 Å². The molecule has 1 aromatic rings. The van der Waals surface area contributed by atoms with Crippen molar-refractivity contribution in [3.63, 3.8) is 0 Å². The molecule has 0 aliphatic carbocycles. The predicted molar refractivity (Wildman–Crippen MR) is 69.4 cm³/mol. The van der Waals surface area contributed by atoms with Gasteiger partial charge in [0.2, 0.25) is 0 Å². The number of carbonyl (C=O) groups is 1. The van der Waals surface area contributed by atoms with E-state index >= 15 is 0 Å². The fraction of sp³-hybridized carbons (Fsp3) is 0.385. The molecule has 1 unspecified atom stereocenters. The molecular formula is C13H17N3O3. The Kier molecular flexibility index (Phi) is 6.36. The van der Waals surface area contributed by atoms with Crippen molar-refractivity contribution in [1.29, 1.82) is 5.26 Å². The second kappa shape index (κ2) is 8.08. The molecule has 102 valence electrons. The molecule has 0 radical (unpaired) electrons. The standard InChI is InChI=1S/C13H17N3O3/c1-18-7-6-16-12(8-14)10-2-4-11(5-3-10)19-9-13(15)17/h2-5,12,16H,6-7,9H2,1H3,(H2,15,17). The number of methoxy groups -OCH3 is 1. The first-order valence-electron chi connectivity index (χ1n) is 5.80. The van der Waals surface area contributed by atoms with Crippen LogP contribution >= 0.6 is 0 Å². The second-order valence-electron chi connectivity index (χ2n) is 3.83. The zero-order chi connectivity index (χ0) is 14.1. The van der Waals surface area contributed by atoms with Crippen molar-refractivity contribution in [2.45, 2.75) is 6.04 Å². The highest BCUT2D eigenvalue weighted by atomic mass is 16.5. The van der Waals surface area contributed by atoms with E-state index < -0.39 is 11.9 Å². The average molecular weight is 263 g/mol. The summed E-state index contributed by atoms with van der Waals surface area (Å²) in [5.41, 5.74) is 5.80. The van der Waals surface area contributed by atoms with E-state index in [1.54, 1.807) is 31.4 Å². The molecule has 0 bridgehead atoms. The molecule has 1 aromatic carbocycles. The van der Waals surface area contributed by atoms with Gasteiger partial charge in [0.1, 0.15) is 11.8 Å². The largest absolute Gasteiger partial charge is 0.484 e. The lowest BCUT2D eigenvalue weighted by Crippen LogP contribution is -2.24. The van der Waals surface area contributed by atoms with E-state index in [1.165, 1.54) is 0 Å². The van der Waals surface area contributed by atoms with Gasteiger partial charge < -0.3 is 15.2 Å². The normalized spacial score (nSPS) is 11.6. The van der Waals surface area contributed by atoms with Gasteiger partial charge in [-0.2, -0.15) is 5.26 Å². The van der Waals surface area contributed by atoms with Gasteiger partial charge in [0.25, 0.3) is 5.91 Å². The van der Waals surface area contributed by atoms with Gasteiger partial charge in [-0.15, -0.1) is 0 Å². The molecule has 0 saturated heterocycles. The van der Waals surface area contributed by atoms with Crippen LogP contribution in [0.15, 0.2) is 24.3 Å². The first-order valence-corrected chi connectivity index (χ1v) is 5.80. The molecule has 1 atom stereocenters. The van der Waals surface area contributed by atoms with Crippen LogP contribution in [0, 0.1) is 11.3 Å². The van der Waals surface area contributed by atoms with Gasteiger partial charge >= 0.3 is 0 Å². The number of carbonyl (C=O) groups excluding carboxylic acids is 1. The minimum atomic E-state index is -0.528. The van der Waals surface area contributed by atoms with Crippen LogP contribution in [-0.2, 0) is 9.53 Å². The van der Waals surface area contributed by atoms with Crippen LogP contribution < -0.4 is 15.8 Å². The SMILES string of the molecule is COCCNC(C#N)c1ccc(OCC(N)=O)cc1. The van der Waals surface area contributed by atoms with Crippen molar-refractivity contribution in [2.75, 3.05) is 26.9 Å². The van der Waals surface area contributed by atoms with Crippen LogP contribution in [0.25, 0.3) is 0 Å². The van der Waals surface area contributed by atoms with E-state index in [2.05, 4.69) is 11.4 Å². The Morgan fingerprint density at radius 1 is 1.47 bits per heavy atom. The molecular weight excluding hydrogens is 246 g/mol. The number of primary amides is 1. The number of hydrogen-bond donors (Lipinski definition) is 2. The van der Waals surface area contributed by atoms with Crippen molar-refractivity contribution < 1.29 is 14.3 Å². The Labute approximate surface area is 112 Å². The van der Waals surface area contributed by atoms with Gasteiger partial charge in [0.15, 0.2) is 6.61 Å². The summed E-state index contributed by atoms with van der Waals surface area (Å²) in [7, 11) is 1.61. The zero-order valence-corrected chi connectivity index (χ0v) is 10.8. The molecule has 0 saturated carbocycles. The number of benzene rings is 1. The fourth-order valence-corrected chi connectivity index (χ4v) is 1.45. The van der Waals surface area contributed by atoms with Gasteiger partial charge in [-0.25, -0.2) is 0 Å². The number of ether oxygens (including phenoxy) is 2. The van der Waals surface area contributed by atoms with E-state index in [4.69, 9.17) is 20.5 Å². The van der Waals surface area contributed by atoms with E-state index in [0.717, 1.165) is 5.56 Å². The van der Waals surface area contributed by atoms with Gasteiger partial charge in [-0.3, -0.25) is 10.1 Å². The number of rotatable bonds is 8. The van der Waals surface area contributed by atoms with Crippen molar-refractivity contribution in [3.05, 3.63) is 29.8 Å². The summed E-state index contributed by atoms with van der Waals surface area (Å²) in [6.07, 6.45) is 0. The molecule has 0 aromatic heterocycles. The van der Waals surface area contributed by atoms with Crippen LogP contribution in [-0.4, -0.2) is 32.8 Å². The third kappa shape index (κ3) is 5.38. The van der Waals surface area contributed by atoms with Crippen molar-refractivity contribution in [2.24, 2.45) is 5.73 Å². The molecule has 0 spiro atoms. The maximum absolute atomic E-state index is 10.6. The highest BCUT2D eigenvalue weighted by Gasteiger charge is 2.09. The molecule has 6 heteroatoms. The second-order valence-corrected chi connectivity index (χ2v) is 3.83. The Morgan fingerprint density at radius 2 is 2.16 bits per heavy atom. The molecule has 0 aliphatic rings. The molecule has 19 heavy (non-hydrogen) atoms. The summed E-state index contributed by atoms with van der Waals surface area (Å²) in [6, 6.07) is 8.69. The Hall–Kier alpha value is -2.10. The van der Waals surface area contributed by atoms with E-state index in [9.17, 15) is 4.79 Å². The summed E-state index contributed by atoms with van der Waals surface area (Å²) in [6.45, 7) is 0.972. The molecule has 0 aliphatic heterocycles. The molecule has 6 nitrogen and oxygen atoms in total. The highest BCUT2D eigenvalue weighted by molar-refractivity contribution is 5.75. The van der Waals surface area contributed by atoms with Gasteiger partial charge in [0.05, 0.1) is 12.7 Å². The number of nitrogens with zero attached hydrogens (tertiary/aromatic N) is 1. The summed E-state index contributed by atoms with van der Waals surface area (Å²) in [5, 5.41) is 12.1. The Bertz CT molecular complexity index is 439. The summed E-state index contributed by atoms with van der Waals surface area (Å²) in [5.74, 6) is 0.0105. The minimum absolute atomic E-state index is 0.160. The maximum atomic E-state index is 10.6. The predicted octanol–water partition coefficient (Wildman–Crippen LogP) is 0.351.